The summed E-state index contributed by atoms with van der Waals surface area (Å²) in [5.41, 5.74) is 2.73. The lowest BCUT2D eigenvalue weighted by atomic mass is 9.79. The number of halogens is 1. The number of anilines is 1. The number of nitrogens with one attached hydrogen (secondary N) is 1. The summed E-state index contributed by atoms with van der Waals surface area (Å²) in [5, 5.41) is 20.3. The van der Waals surface area contributed by atoms with Crippen LogP contribution >= 0.6 is 0 Å². The molecule has 0 fully saturated rings. The molecule has 1 aromatic heterocycles. The summed E-state index contributed by atoms with van der Waals surface area (Å²) in [7, 11) is -1.00. The molecule has 1 amide bonds. The quantitative estimate of drug-likeness (QED) is 0.697. The molecule has 0 radical (unpaired) electrons. The standard InChI is InChI=1S/C17H14BFN4O3/c1-10-14-7-4-12(8-15(14)18(25)26-10)20-17(24)16-9-23(22-21-16)13-5-2-11(19)3-6-13/h2-10,25H,1H3,(H,20,24). The maximum atomic E-state index is 13.0. The van der Waals surface area contributed by atoms with E-state index in [1.54, 1.807) is 18.2 Å². The fraction of sp³-hybridized carbons (Fsp3) is 0.118. The molecule has 2 N–H and O–H groups in total. The van der Waals surface area contributed by atoms with Crippen LogP contribution in [0.15, 0.2) is 48.7 Å². The normalized spacial score (nSPS) is 15.8. The molecule has 26 heavy (non-hydrogen) atoms. The van der Waals surface area contributed by atoms with Gasteiger partial charge in [0, 0.05) is 5.69 Å². The van der Waals surface area contributed by atoms with Crippen LogP contribution in [0.4, 0.5) is 10.1 Å². The fourth-order valence-electron chi connectivity index (χ4n) is 2.86. The number of carbonyl (C=O) groups excluding carboxylic acids is 1. The maximum absolute atomic E-state index is 13.0. The third-order valence-electron chi connectivity index (χ3n) is 4.20. The molecule has 130 valence electrons. The highest BCUT2D eigenvalue weighted by molar-refractivity contribution is 6.61. The van der Waals surface area contributed by atoms with Crippen LogP contribution in [0, 0.1) is 5.82 Å². The molecule has 3 aromatic rings. The summed E-state index contributed by atoms with van der Waals surface area (Å²) in [4.78, 5) is 12.4. The predicted octanol–water partition coefficient (Wildman–Crippen LogP) is 1.44. The van der Waals surface area contributed by atoms with Crippen LogP contribution in [0.3, 0.4) is 0 Å². The summed E-state index contributed by atoms with van der Waals surface area (Å²) in [6.07, 6.45) is 1.26. The van der Waals surface area contributed by atoms with Gasteiger partial charge in [0.25, 0.3) is 5.91 Å². The van der Waals surface area contributed by atoms with Crippen molar-refractivity contribution in [2.75, 3.05) is 5.32 Å². The Morgan fingerprint density at radius 3 is 2.85 bits per heavy atom. The number of amides is 1. The molecule has 4 rings (SSSR count). The van der Waals surface area contributed by atoms with Gasteiger partial charge in [-0.3, -0.25) is 4.79 Å². The lowest BCUT2D eigenvalue weighted by Crippen LogP contribution is -2.28. The van der Waals surface area contributed by atoms with Crippen molar-refractivity contribution in [1.82, 2.24) is 15.0 Å². The molecule has 1 unspecified atom stereocenters. The Bertz CT molecular complexity index is 976. The zero-order valence-electron chi connectivity index (χ0n) is 13.8. The van der Waals surface area contributed by atoms with Gasteiger partial charge in [0.1, 0.15) is 5.82 Å². The fourth-order valence-corrected chi connectivity index (χ4v) is 2.86. The number of hydrogen-bond donors (Lipinski definition) is 2. The van der Waals surface area contributed by atoms with E-state index in [1.165, 1.54) is 35.1 Å². The van der Waals surface area contributed by atoms with Gasteiger partial charge in [-0.05, 0) is 54.3 Å². The molecule has 0 saturated carbocycles. The van der Waals surface area contributed by atoms with Crippen LogP contribution in [0.5, 0.6) is 0 Å². The van der Waals surface area contributed by atoms with Crippen LogP contribution in [-0.2, 0) is 4.65 Å². The Hall–Kier alpha value is -3.04. The average Bonchev–Trinajstić information content (AvgIpc) is 3.22. The van der Waals surface area contributed by atoms with E-state index >= 15 is 0 Å². The first-order valence-electron chi connectivity index (χ1n) is 7.98. The highest BCUT2D eigenvalue weighted by Crippen LogP contribution is 2.24. The summed E-state index contributed by atoms with van der Waals surface area (Å²) >= 11 is 0. The van der Waals surface area contributed by atoms with Gasteiger partial charge in [0.05, 0.1) is 18.0 Å². The molecule has 7 nitrogen and oxygen atoms in total. The Kier molecular flexibility index (Phi) is 4.02. The molecule has 0 bridgehead atoms. The van der Waals surface area contributed by atoms with Gasteiger partial charge in [-0.15, -0.1) is 5.10 Å². The molecule has 1 atom stereocenters. The van der Waals surface area contributed by atoms with E-state index < -0.39 is 13.0 Å². The Morgan fingerprint density at radius 2 is 2.08 bits per heavy atom. The number of aromatic nitrogens is 3. The van der Waals surface area contributed by atoms with Crippen molar-refractivity contribution in [2.24, 2.45) is 0 Å². The number of nitrogens with zero attached hydrogens (tertiary/aromatic N) is 3. The monoisotopic (exact) mass is 352 g/mol. The maximum Gasteiger partial charge on any atom is 0.492 e. The van der Waals surface area contributed by atoms with Crippen LogP contribution in [-0.4, -0.2) is 33.0 Å². The lowest BCUT2D eigenvalue weighted by Gasteiger charge is -2.07. The van der Waals surface area contributed by atoms with Crippen molar-refractivity contribution < 1.29 is 18.9 Å². The molecule has 2 aromatic carbocycles. The third-order valence-corrected chi connectivity index (χ3v) is 4.20. The minimum atomic E-state index is -1.00. The van der Waals surface area contributed by atoms with E-state index in [2.05, 4.69) is 15.6 Å². The highest BCUT2D eigenvalue weighted by atomic mass is 19.1. The van der Waals surface area contributed by atoms with Crippen molar-refractivity contribution in [3.8, 4) is 5.69 Å². The second-order valence-electron chi connectivity index (χ2n) is 5.95. The number of carbonyl (C=O) groups is 1. The Balaban J connectivity index is 1.52. The van der Waals surface area contributed by atoms with Gasteiger partial charge in [-0.2, -0.15) is 0 Å². The summed E-state index contributed by atoms with van der Waals surface area (Å²) < 4.78 is 19.7. The molecule has 9 heteroatoms. The molecular formula is C17H14BFN4O3. The number of hydrogen-bond acceptors (Lipinski definition) is 5. The van der Waals surface area contributed by atoms with Crippen molar-refractivity contribution in [3.05, 3.63) is 65.7 Å². The first-order chi connectivity index (χ1) is 12.5. The number of fused-ring (bicyclic) bond motifs is 1. The largest absolute Gasteiger partial charge is 0.492 e. The SMILES string of the molecule is CC1OB(O)c2cc(NC(=O)c3cn(-c4ccc(F)cc4)nn3)ccc21. The molecule has 1 aliphatic rings. The van der Waals surface area contributed by atoms with Crippen LogP contribution in [0.1, 0.15) is 29.1 Å². The molecule has 0 saturated heterocycles. The van der Waals surface area contributed by atoms with Crippen LogP contribution < -0.4 is 10.8 Å². The average molecular weight is 352 g/mol. The van der Waals surface area contributed by atoms with Crippen molar-refractivity contribution in [3.63, 3.8) is 0 Å². The molecule has 0 spiro atoms. The van der Waals surface area contributed by atoms with Gasteiger partial charge < -0.3 is 15.0 Å². The van der Waals surface area contributed by atoms with Gasteiger partial charge in [-0.1, -0.05) is 11.3 Å². The van der Waals surface area contributed by atoms with Crippen LogP contribution in [0.2, 0.25) is 0 Å². The van der Waals surface area contributed by atoms with Crippen molar-refractivity contribution in [1.29, 1.82) is 0 Å². The Labute approximate surface area is 148 Å². The Morgan fingerprint density at radius 1 is 1.31 bits per heavy atom. The summed E-state index contributed by atoms with van der Waals surface area (Å²) in [5.74, 6) is -0.802. The van der Waals surface area contributed by atoms with Gasteiger partial charge in [0.2, 0.25) is 0 Å². The smallest absolute Gasteiger partial charge is 0.423 e. The zero-order chi connectivity index (χ0) is 18.3. The van der Waals surface area contributed by atoms with Gasteiger partial charge in [0.15, 0.2) is 5.69 Å². The van der Waals surface area contributed by atoms with E-state index in [0.29, 0.717) is 16.8 Å². The van der Waals surface area contributed by atoms with Crippen molar-refractivity contribution >= 4 is 24.2 Å². The van der Waals surface area contributed by atoms with E-state index in [-0.39, 0.29) is 17.6 Å². The van der Waals surface area contributed by atoms with Crippen molar-refractivity contribution in [2.45, 2.75) is 13.0 Å². The third kappa shape index (κ3) is 2.98. The molecular weight excluding hydrogens is 338 g/mol. The minimum Gasteiger partial charge on any atom is -0.423 e. The van der Waals surface area contributed by atoms with E-state index in [0.717, 1.165) is 5.56 Å². The van der Waals surface area contributed by atoms with Gasteiger partial charge in [-0.25, -0.2) is 9.07 Å². The van der Waals surface area contributed by atoms with Crippen LogP contribution in [0.25, 0.3) is 5.69 Å². The predicted molar refractivity (Wildman–Crippen MR) is 92.8 cm³/mol. The zero-order valence-corrected chi connectivity index (χ0v) is 13.8. The second kappa shape index (κ2) is 6.36. The minimum absolute atomic E-state index is 0.111. The second-order valence-corrected chi connectivity index (χ2v) is 5.95. The summed E-state index contributed by atoms with van der Waals surface area (Å²) in [6.45, 7) is 1.85. The molecule has 2 heterocycles. The number of benzene rings is 2. The molecule has 1 aliphatic heterocycles. The lowest BCUT2D eigenvalue weighted by molar-refractivity contribution is 0.102. The summed E-state index contributed by atoms with van der Waals surface area (Å²) in [6, 6.07) is 10.9. The van der Waals surface area contributed by atoms with E-state index in [4.69, 9.17) is 4.65 Å². The van der Waals surface area contributed by atoms with E-state index in [9.17, 15) is 14.2 Å². The van der Waals surface area contributed by atoms with Gasteiger partial charge >= 0.3 is 7.12 Å². The number of rotatable bonds is 3. The topological polar surface area (TPSA) is 89.3 Å². The first-order valence-corrected chi connectivity index (χ1v) is 7.98. The first kappa shape index (κ1) is 16.4. The molecule has 0 aliphatic carbocycles. The van der Waals surface area contributed by atoms with E-state index in [1.807, 2.05) is 6.92 Å². The highest BCUT2D eigenvalue weighted by Gasteiger charge is 2.32.